The molecular weight excluding hydrogens is 676 g/mol. The first kappa shape index (κ1) is 27.5. The van der Waals surface area contributed by atoms with Gasteiger partial charge in [-0.3, -0.25) is 0 Å². The Morgan fingerprint density at radius 1 is 0.949 bits per heavy atom. The second kappa shape index (κ2) is 10.2. The van der Waals surface area contributed by atoms with Crippen molar-refractivity contribution in [2.75, 3.05) is 18.5 Å². The minimum atomic E-state index is -2.17. The number of aromatic nitrogens is 1. The smallest absolute Gasteiger partial charge is 0.510 e. The summed E-state index contributed by atoms with van der Waals surface area (Å²) < 4.78 is 2.28. The Morgan fingerprint density at radius 3 is 2.44 bits per heavy atom. The molecule has 4 aromatic rings. The summed E-state index contributed by atoms with van der Waals surface area (Å²) in [5.74, 6) is 0.968. The number of benzene rings is 3. The van der Waals surface area contributed by atoms with Gasteiger partial charge in [0.05, 0.1) is 8.07 Å². The molecule has 3 aromatic carbocycles. The van der Waals surface area contributed by atoms with Crippen molar-refractivity contribution in [1.82, 2.24) is 9.47 Å². The summed E-state index contributed by atoms with van der Waals surface area (Å²) in [7, 11) is -0.118. The SMILES string of the molecule is CN1C=CN(c2[c-]c([Si](C)(C)c3[c-]c4c(cc3)c3ccccc3n4C3=CC=CC[N-]3)cc(C(C)(C)C)c2)[CH-]1.[Pt+4]. The van der Waals surface area contributed by atoms with Gasteiger partial charge in [-0.1, -0.05) is 87.6 Å². The van der Waals surface area contributed by atoms with E-state index in [9.17, 15) is 0 Å². The molecule has 0 unspecified atom stereocenters. The van der Waals surface area contributed by atoms with Crippen LogP contribution in [0.25, 0.3) is 32.9 Å². The Balaban J connectivity index is 0.00000308. The summed E-state index contributed by atoms with van der Waals surface area (Å²) >= 11 is 0. The van der Waals surface area contributed by atoms with E-state index in [1.165, 1.54) is 32.2 Å². The maximum atomic E-state index is 4.83. The van der Waals surface area contributed by atoms with Gasteiger partial charge in [-0.15, -0.1) is 22.7 Å². The van der Waals surface area contributed by atoms with Crippen molar-refractivity contribution >= 4 is 51.8 Å². The first-order valence-corrected chi connectivity index (χ1v) is 16.3. The molecule has 0 N–H and O–H groups in total. The molecule has 0 saturated heterocycles. The number of rotatable bonds is 4. The molecular formula is C33H34N4PtSi. The van der Waals surface area contributed by atoms with Gasteiger partial charge in [0.1, 0.15) is 0 Å². The third-order valence-corrected chi connectivity index (χ3v) is 10.9. The van der Waals surface area contributed by atoms with Crippen molar-refractivity contribution in [3.8, 4) is 0 Å². The van der Waals surface area contributed by atoms with Crippen LogP contribution in [-0.4, -0.2) is 31.1 Å². The zero-order valence-electron chi connectivity index (χ0n) is 23.4. The predicted octanol–water partition coefficient (Wildman–Crippen LogP) is 6.60. The molecule has 39 heavy (non-hydrogen) atoms. The number of hydrogen-bond donors (Lipinski definition) is 0. The van der Waals surface area contributed by atoms with Gasteiger partial charge in [-0.2, -0.15) is 52.9 Å². The molecule has 0 bridgehead atoms. The van der Waals surface area contributed by atoms with Crippen LogP contribution in [0.2, 0.25) is 13.1 Å². The van der Waals surface area contributed by atoms with E-state index < -0.39 is 8.07 Å². The third-order valence-electron chi connectivity index (χ3n) is 7.67. The van der Waals surface area contributed by atoms with Gasteiger partial charge in [-0.25, -0.2) is 0 Å². The van der Waals surface area contributed by atoms with Crippen LogP contribution in [0.3, 0.4) is 0 Å². The molecule has 0 saturated carbocycles. The monoisotopic (exact) mass is 709 g/mol. The number of anilines is 1. The van der Waals surface area contributed by atoms with E-state index in [0.717, 1.165) is 17.0 Å². The largest absolute Gasteiger partial charge is 4.00 e. The van der Waals surface area contributed by atoms with Gasteiger partial charge in [-0.05, 0) is 36.9 Å². The van der Waals surface area contributed by atoms with Crippen molar-refractivity contribution in [3.05, 3.63) is 109 Å². The molecule has 0 aliphatic carbocycles. The van der Waals surface area contributed by atoms with Gasteiger partial charge in [0.2, 0.25) is 0 Å². The van der Waals surface area contributed by atoms with E-state index in [2.05, 4.69) is 153 Å². The Bertz CT molecular complexity index is 1640. The minimum Gasteiger partial charge on any atom is -0.510 e. The molecule has 0 atom stereocenters. The number of nitrogens with zero attached hydrogens (tertiary/aromatic N) is 4. The van der Waals surface area contributed by atoms with E-state index in [4.69, 9.17) is 5.32 Å². The van der Waals surface area contributed by atoms with E-state index in [1.54, 1.807) is 0 Å². The van der Waals surface area contributed by atoms with Gasteiger partial charge < -0.3 is 19.7 Å². The van der Waals surface area contributed by atoms with Crippen molar-refractivity contribution in [1.29, 1.82) is 0 Å². The Morgan fingerprint density at radius 2 is 1.74 bits per heavy atom. The molecule has 0 fully saturated rings. The summed E-state index contributed by atoms with van der Waals surface area (Å²) in [5, 5.41) is 9.84. The Labute approximate surface area is 248 Å². The van der Waals surface area contributed by atoms with Crippen molar-refractivity contribution in [2.24, 2.45) is 0 Å². The van der Waals surface area contributed by atoms with E-state index >= 15 is 0 Å². The fourth-order valence-electron chi connectivity index (χ4n) is 5.26. The quantitative estimate of drug-likeness (QED) is 0.177. The predicted molar refractivity (Wildman–Crippen MR) is 164 cm³/mol. The first-order chi connectivity index (χ1) is 18.1. The standard InChI is InChI=1S/C33H34N4Si.Pt/c1-33(2,3)24-19-25(36-18-17-35(4)23-36)21-27(20-24)38(5,6)26-14-15-29-28-11-7-8-12-30(28)37(31(29)22-26)32-13-9-10-16-34-32;/h7-15,17-20,23H,16H2,1-6H3;/q-4;+4. The number of para-hydroxylation sites is 1. The summed E-state index contributed by atoms with van der Waals surface area (Å²) in [5.41, 5.74) is 4.71. The van der Waals surface area contributed by atoms with Crippen molar-refractivity contribution < 1.29 is 21.1 Å². The van der Waals surface area contributed by atoms with Crippen LogP contribution in [0.15, 0.2) is 79.2 Å². The molecule has 6 heteroatoms. The molecule has 0 radical (unpaired) electrons. The van der Waals surface area contributed by atoms with Crippen molar-refractivity contribution in [3.63, 3.8) is 0 Å². The number of hydrogen-bond acceptors (Lipinski definition) is 2. The summed E-state index contributed by atoms with van der Waals surface area (Å²) in [6.45, 7) is 14.5. The molecule has 200 valence electrons. The van der Waals surface area contributed by atoms with Gasteiger partial charge in [0.15, 0.2) is 0 Å². The topological polar surface area (TPSA) is 25.5 Å². The molecule has 2 aliphatic rings. The van der Waals surface area contributed by atoms with Crippen LogP contribution < -0.4 is 15.3 Å². The zero-order chi connectivity index (χ0) is 26.7. The van der Waals surface area contributed by atoms with Gasteiger partial charge >= 0.3 is 21.1 Å². The molecule has 4 nitrogen and oxygen atoms in total. The second-order valence-corrected chi connectivity index (χ2v) is 16.1. The fourth-order valence-corrected chi connectivity index (χ4v) is 7.43. The van der Waals surface area contributed by atoms with Crippen LogP contribution in [-0.2, 0) is 26.5 Å². The van der Waals surface area contributed by atoms with Crippen LogP contribution in [0.4, 0.5) is 5.69 Å². The number of allylic oxidation sites excluding steroid dienone is 2. The van der Waals surface area contributed by atoms with Crippen LogP contribution >= 0.6 is 0 Å². The third kappa shape index (κ3) is 4.92. The Hall–Kier alpha value is -3.01. The summed E-state index contributed by atoms with van der Waals surface area (Å²) in [6.07, 6.45) is 10.5. The average Bonchev–Trinajstić information content (AvgIpc) is 3.49. The molecule has 0 amide bonds. The first-order valence-electron chi connectivity index (χ1n) is 13.3. The fraction of sp³-hybridized carbons (Fsp3) is 0.242. The van der Waals surface area contributed by atoms with Gasteiger partial charge in [0.25, 0.3) is 0 Å². The van der Waals surface area contributed by atoms with E-state index in [1.807, 2.05) is 0 Å². The average molecular weight is 710 g/mol. The minimum absolute atomic E-state index is 0. The maximum absolute atomic E-state index is 4.83. The van der Waals surface area contributed by atoms with Crippen LogP contribution in [0, 0.1) is 18.8 Å². The Kier molecular flexibility index (Phi) is 7.19. The summed E-state index contributed by atoms with van der Waals surface area (Å²) in [6, 6.07) is 25.6. The second-order valence-electron chi connectivity index (χ2n) is 11.8. The summed E-state index contributed by atoms with van der Waals surface area (Å²) in [4.78, 5) is 4.24. The normalized spacial score (nSPS) is 15.6. The maximum Gasteiger partial charge on any atom is 4.00 e. The van der Waals surface area contributed by atoms with Crippen LogP contribution in [0.1, 0.15) is 26.3 Å². The molecule has 1 aromatic heterocycles. The molecule has 2 aliphatic heterocycles. The van der Waals surface area contributed by atoms with Crippen molar-refractivity contribution in [2.45, 2.75) is 39.3 Å². The zero-order valence-corrected chi connectivity index (χ0v) is 26.7. The molecule has 3 heterocycles. The van der Waals surface area contributed by atoms with E-state index in [-0.39, 0.29) is 26.5 Å². The van der Waals surface area contributed by atoms with Gasteiger partial charge in [0, 0.05) is 0 Å². The van der Waals surface area contributed by atoms with E-state index in [0.29, 0.717) is 6.54 Å². The number of fused-ring (bicyclic) bond motifs is 3. The van der Waals surface area contributed by atoms with Crippen LogP contribution in [0.5, 0.6) is 0 Å². The molecule has 6 rings (SSSR count). The molecule has 0 spiro atoms.